The van der Waals surface area contributed by atoms with Gasteiger partial charge in [0.2, 0.25) is 0 Å². The van der Waals surface area contributed by atoms with Crippen molar-refractivity contribution >= 4 is 47.1 Å². The number of carbonyl (C=O) groups is 1. The second-order valence-electron chi connectivity index (χ2n) is 7.42. The van der Waals surface area contributed by atoms with Crippen molar-refractivity contribution in [3.05, 3.63) is 87.9 Å². The first-order chi connectivity index (χ1) is 17.0. The SMILES string of the molecule is COc1ccc(-n2c(SCC(=O)N/N=C/c3c(Cl)cccc3Cl)nnc2-c2ccc(C)cc2)cc1. The number of amides is 1. The number of hydrazone groups is 1. The molecule has 0 saturated carbocycles. The maximum Gasteiger partial charge on any atom is 0.250 e. The fourth-order valence-electron chi connectivity index (χ4n) is 3.18. The van der Waals surface area contributed by atoms with Crippen molar-refractivity contribution < 1.29 is 9.53 Å². The summed E-state index contributed by atoms with van der Waals surface area (Å²) in [5, 5.41) is 14.2. The summed E-state index contributed by atoms with van der Waals surface area (Å²) in [4.78, 5) is 12.4. The van der Waals surface area contributed by atoms with E-state index in [9.17, 15) is 4.79 Å². The molecular weight excluding hydrogens is 505 g/mol. The third-order valence-electron chi connectivity index (χ3n) is 4.99. The van der Waals surface area contributed by atoms with Crippen LogP contribution >= 0.6 is 35.0 Å². The molecule has 10 heteroatoms. The van der Waals surface area contributed by atoms with E-state index in [1.807, 2.05) is 60.0 Å². The van der Waals surface area contributed by atoms with Crippen molar-refractivity contribution in [3.63, 3.8) is 0 Å². The van der Waals surface area contributed by atoms with Gasteiger partial charge in [-0.25, -0.2) is 5.43 Å². The Morgan fingerprint density at radius 2 is 1.74 bits per heavy atom. The van der Waals surface area contributed by atoms with Gasteiger partial charge in [0.1, 0.15) is 5.75 Å². The number of aryl methyl sites for hydroxylation is 1. The Bertz CT molecular complexity index is 1340. The summed E-state index contributed by atoms with van der Waals surface area (Å²) >= 11 is 13.5. The third kappa shape index (κ3) is 6.03. The Labute approximate surface area is 217 Å². The molecule has 0 aliphatic heterocycles. The van der Waals surface area contributed by atoms with Gasteiger partial charge in [-0.3, -0.25) is 9.36 Å². The van der Waals surface area contributed by atoms with Gasteiger partial charge in [-0.1, -0.05) is 70.9 Å². The van der Waals surface area contributed by atoms with Crippen molar-refractivity contribution in [3.8, 4) is 22.8 Å². The van der Waals surface area contributed by atoms with Crippen LogP contribution in [0.5, 0.6) is 5.75 Å². The molecule has 4 rings (SSSR count). The predicted octanol–water partition coefficient (Wildman–Crippen LogP) is 5.80. The molecule has 0 atom stereocenters. The second-order valence-corrected chi connectivity index (χ2v) is 9.18. The van der Waals surface area contributed by atoms with Crippen molar-refractivity contribution in [2.75, 3.05) is 12.9 Å². The van der Waals surface area contributed by atoms with Crippen molar-refractivity contribution in [2.24, 2.45) is 5.10 Å². The van der Waals surface area contributed by atoms with E-state index in [0.717, 1.165) is 22.6 Å². The molecule has 1 heterocycles. The van der Waals surface area contributed by atoms with Crippen LogP contribution in [0.4, 0.5) is 0 Å². The summed E-state index contributed by atoms with van der Waals surface area (Å²) in [6.45, 7) is 2.03. The average molecular weight is 526 g/mol. The monoisotopic (exact) mass is 525 g/mol. The van der Waals surface area contributed by atoms with Crippen LogP contribution in [-0.2, 0) is 4.79 Å². The lowest BCUT2D eigenvalue weighted by Gasteiger charge is -2.11. The van der Waals surface area contributed by atoms with E-state index in [1.54, 1.807) is 25.3 Å². The topological polar surface area (TPSA) is 81.4 Å². The maximum absolute atomic E-state index is 12.4. The highest BCUT2D eigenvalue weighted by atomic mass is 35.5. The highest BCUT2D eigenvalue weighted by Gasteiger charge is 2.17. The maximum atomic E-state index is 12.4. The number of halogens is 2. The van der Waals surface area contributed by atoms with Gasteiger partial charge >= 0.3 is 0 Å². The van der Waals surface area contributed by atoms with Crippen LogP contribution in [0, 0.1) is 6.92 Å². The predicted molar refractivity (Wildman–Crippen MR) is 141 cm³/mol. The fraction of sp³-hybridized carbons (Fsp3) is 0.120. The summed E-state index contributed by atoms with van der Waals surface area (Å²) in [5.41, 5.74) is 5.93. The van der Waals surface area contributed by atoms with Crippen molar-refractivity contribution in [1.82, 2.24) is 20.2 Å². The van der Waals surface area contributed by atoms with Gasteiger partial charge in [0.25, 0.3) is 5.91 Å². The van der Waals surface area contributed by atoms with Gasteiger partial charge in [-0.15, -0.1) is 10.2 Å². The molecule has 0 unspecified atom stereocenters. The van der Waals surface area contributed by atoms with E-state index >= 15 is 0 Å². The Balaban J connectivity index is 1.53. The van der Waals surface area contributed by atoms with Gasteiger partial charge in [0.05, 0.1) is 29.1 Å². The van der Waals surface area contributed by atoms with Crippen LogP contribution in [-0.4, -0.2) is 39.7 Å². The first-order valence-electron chi connectivity index (χ1n) is 10.5. The van der Waals surface area contributed by atoms with E-state index in [4.69, 9.17) is 27.9 Å². The molecule has 178 valence electrons. The Hall–Kier alpha value is -3.33. The van der Waals surface area contributed by atoms with E-state index in [0.29, 0.717) is 26.6 Å². The standard InChI is InChI=1S/C25H21Cl2N5O2S/c1-16-6-8-17(9-7-16)24-30-31-25(32(24)18-10-12-19(34-2)13-11-18)35-15-23(33)29-28-14-20-21(26)4-3-5-22(20)27/h3-14H,15H2,1-2H3,(H,29,33)/b28-14+. The van der Waals surface area contributed by atoms with Gasteiger partial charge in [-0.05, 0) is 43.3 Å². The van der Waals surface area contributed by atoms with Crippen LogP contribution in [0.25, 0.3) is 17.1 Å². The lowest BCUT2D eigenvalue weighted by molar-refractivity contribution is -0.118. The number of rotatable bonds is 8. The number of thioether (sulfide) groups is 1. The number of ether oxygens (including phenoxy) is 1. The quantitative estimate of drug-likeness (QED) is 0.178. The first-order valence-corrected chi connectivity index (χ1v) is 12.3. The molecule has 35 heavy (non-hydrogen) atoms. The molecule has 7 nitrogen and oxygen atoms in total. The van der Waals surface area contributed by atoms with Crippen LogP contribution in [0.3, 0.4) is 0 Å². The Morgan fingerprint density at radius 1 is 1.06 bits per heavy atom. The van der Waals surface area contributed by atoms with E-state index in [-0.39, 0.29) is 11.7 Å². The number of benzene rings is 3. The number of hydrogen-bond acceptors (Lipinski definition) is 6. The molecule has 1 N–H and O–H groups in total. The molecule has 0 fully saturated rings. The van der Waals surface area contributed by atoms with Crippen LogP contribution in [0.2, 0.25) is 10.0 Å². The Morgan fingerprint density at radius 3 is 2.40 bits per heavy atom. The molecule has 3 aromatic carbocycles. The smallest absolute Gasteiger partial charge is 0.250 e. The van der Waals surface area contributed by atoms with Gasteiger partial charge < -0.3 is 4.74 Å². The molecular formula is C25H21Cl2N5O2S. The number of methoxy groups -OCH3 is 1. The molecule has 4 aromatic rings. The second kappa shape index (κ2) is 11.4. The minimum atomic E-state index is -0.310. The molecule has 1 amide bonds. The fourth-order valence-corrected chi connectivity index (χ4v) is 4.42. The normalized spacial score (nSPS) is 11.1. The number of nitrogens with zero attached hydrogens (tertiary/aromatic N) is 4. The molecule has 0 radical (unpaired) electrons. The summed E-state index contributed by atoms with van der Waals surface area (Å²) in [5.74, 6) is 1.18. The summed E-state index contributed by atoms with van der Waals surface area (Å²) < 4.78 is 7.19. The first kappa shape index (κ1) is 24.8. The van der Waals surface area contributed by atoms with Gasteiger partial charge in [0, 0.05) is 16.8 Å². The van der Waals surface area contributed by atoms with Crippen LogP contribution < -0.4 is 10.2 Å². The highest BCUT2D eigenvalue weighted by molar-refractivity contribution is 7.99. The van der Waals surface area contributed by atoms with E-state index in [2.05, 4.69) is 20.7 Å². The van der Waals surface area contributed by atoms with Crippen LogP contribution in [0.15, 0.2) is 77.0 Å². The average Bonchev–Trinajstić information content (AvgIpc) is 3.29. The minimum absolute atomic E-state index is 0.0791. The number of hydrogen-bond donors (Lipinski definition) is 1. The zero-order valence-electron chi connectivity index (χ0n) is 18.9. The molecule has 1 aromatic heterocycles. The zero-order valence-corrected chi connectivity index (χ0v) is 21.2. The molecule has 0 aliphatic carbocycles. The van der Waals surface area contributed by atoms with Crippen LogP contribution in [0.1, 0.15) is 11.1 Å². The lowest BCUT2D eigenvalue weighted by Crippen LogP contribution is -2.20. The largest absolute Gasteiger partial charge is 0.497 e. The van der Waals surface area contributed by atoms with Crippen molar-refractivity contribution in [1.29, 1.82) is 0 Å². The third-order valence-corrected chi connectivity index (χ3v) is 6.58. The molecule has 0 saturated heterocycles. The van der Waals surface area contributed by atoms with Gasteiger partial charge in [-0.2, -0.15) is 5.10 Å². The highest BCUT2D eigenvalue weighted by Crippen LogP contribution is 2.29. The summed E-state index contributed by atoms with van der Waals surface area (Å²) in [7, 11) is 1.62. The number of carbonyl (C=O) groups excluding carboxylic acids is 1. The Kier molecular flexibility index (Phi) is 8.07. The van der Waals surface area contributed by atoms with E-state index in [1.165, 1.54) is 18.0 Å². The number of nitrogens with one attached hydrogen (secondary N) is 1. The molecule has 0 aliphatic rings. The van der Waals surface area contributed by atoms with E-state index < -0.39 is 0 Å². The molecule has 0 spiro atoms. The zero-order chi connectivity index (χ0) is 24.8. The summed E-state index contributed by atoms with van der Waals surface area (Å²) in [6, 6.07) is 20.7. The molecule has 0 bridgehead atoms. The minimum Gasteiger partial charge on any atom is -0.497 e. The van der Waals surface area contributed by atoms with Gasteiger partial charge in [0.15, 0.2) is 11.0 Å². The van der Waals surface area contributed by atoms with Crippen molar-refractivity contribution in [2.45, 2.75) is 12.1 Å². The summed E-state index contributed by atoms with van der Waals surface area (Å²) in [6.07, 6.45) is 1.42. The number of aromatic nitrogens is 3. The lowest BCUT2D eigenvalue weighted by atomic mass is 10.1.